The van der Waals surface area contributed by atoms with Crippen molar-refractivity contribution in [2.45, 2.75) is 52.9 Å². The Kier molecular flexibility index (Phi) is 6.65. The third-order valence-electron chi connectivity index (χ3n) is 2.15. The highest BCUT2D eigenvalue weighted by molar-refractivity contribution is 6.69. The van der Waals surface area contributed by atoms with E-state index < -0.39 is 8.32 Å². The molecule has 0 saturated carbocycles. The molecule has 0 saturated heterocycles. The van der Waals surface area contributed by atoms with Crippen LogP contribution in [0.1, 0.15) is 27.2 Å². The summed E-state index contributed by atoms with van der Waals surface area (Å²) in [5.74, 6) is 0. The molecule has 0 rings (SSSR count). The molecule has 0 unspecified atom stereocenters. The van der Waals surface area contributed by atoms with Crippen LogP contribution in [0.3, 0.4) is 0 Å². The third kappa shape index (κ3) is 7.53. The van der Waals surface area contributed by atoms with E-state index in [1.807, 2.05) is 0 Å². The molecule has 0 atom stereocenters. The predicted octanol–water partition coefficient (Wildman–Crippen LogP) is 2.96. The molecular weight excluding hydrogens is 190 g/mol. The molecule has 0 amide bonds. The van der Waals surface area contributed by atoms with E-state index in [4.69, 9.17) is 4.43 Å². The molecule has 0 N–H and O–H groups in total. The summed E-state index contributed by atoms with van der Waals surface area (Å²) in [6.07, 6.45) is 1.23. The molecule has 0 aromatic heterocycles. The highest BCUT2D eigenvalue weighted by Gasteiger charge is 2.15. The summed E-state index contributed by atoms with van der Waals surface area (Å²) in [4.78, 5) is 2.49. The second-order valence-corrected chi connectivity index (χ2v) is 9.60. The summed E-state index contributed by atoms with van der Waals surface area (Å²) >= 11 is 0. The topological polar surface area (TPSA) is 12.5 Å². The normalized spacial score (nSPS) is 12.9. The second-order valence-electron chi connectivity index (χ2n) is 5.09. The van der Waals surface area contributed by atoms with Crippen LogP contribution in [0.15, 0.2) is 0 Å². The summed E-state index contributed by atoms with van der Waals surface area (Å²) in [6.45, 7) is 16.6. The van der Waals surface area contributed by atoms with Crippen molar-refractivity contribution in [3.63, 3.8) is 0 Å². The lowest BCUT2D eigenvalue weighted by Crippen LogP contribution is -2.37. The predicted molar refractivity (Wildman–Crippen MR) is 66.3 cm³/mol. The Morgan fingerprint density at radius 3 is 2.07 bits per heavy atom. The summed E-state index contributed by atoms with van der Waals surface area (Å²) in [5, 5.41) is 0. The van der Waals surface area contributed by atoms with Crippen LogP contribution in [0.2, 0.25) is 19.6 Å². The molecule has 0 aliphatic carbocycles. The van der Waals surface area contributed by atoms with Crippen molar-refractivity contribution in [3.8, 4) is 0 Å². The van der Waals surface area contributed by atoms with Gasteiger partial charge < -0.3 is 4.43 Å². The van der Waals surface area contributed by atoms with Crippen LogP contribution >= 0.6 is 0 Å². The standard InChI is InChI=1S/C11H27NOSi/c1-7-8-12(11(2)3)9-10-13-14(4,5)6/h11H,7-10H2,1-6H3. The van der Waals surface area contributed by atoms with Gasteiger partial charge in [-0.25, -0.2) is 0 Å². The Morgan fingerprint density at radius 2 is 1.71 bits per heavy atom. The van der Waals surface area contributed by atoms with Gasteiger partial charge in [0.2, 0.25) is 0 Å². The van der Waals surface area contributed by atoms with E-state index in [2.05, 4.69) is 45.3 Å². The minimum atomic E-state index is -1.31. The summed E-state index contributed by atoms with van der Waals surface area (Å²) in [5.41, 5.74) is 0. The summed E-state index contributed by atoms with van der Waals surface area (Å²) in [6, 6.07) is 0.639. The Balaban J connectivity index is 3.72. The Hall–Kier alpha value is 0.137. The molecule has 0 heterocycles. The molecule has 0 aromatic rings. The van der Waals surface area contributed by atoms with Gasteiger partial charge in [-0.1, -0.05) is 6.92 Å². The fraction of sp³-hybridized carbons (Fsp3) is 1.00. The van der Waals surface area contributed by atoms with E-state index in [0.29, 0.717) is 6.04 Å². The van der Waals surface area contributed by atoms with Crippen molar-refractivity contribution in [1.82, 2.24) is 4.90 Å². The Labute approximate surface area is 90.8 Å². The minimum Gasteiger partial charge on any atom is -0.416 e. The number of nitrogens with zero attached hydrogens (tertiary/aromatic N) is 1. The van der Waals surface area contributed by atoms with E-state index in [-0.39, 0.29) is 0 Å². The number of hydrogen-bond acceptors (Lipinski definition) is 2. The molecule has 86 valence electrons. The fourth-order valence-corrected chi connectivity index (χ4v) is 2.09. The quantitative estimate of drug-likeness (QED) is 0.608. The zero-order valence-corrected chi connectivity index (χ0v) is 11.8. The molecule has 14 heavy (non-hydrogen) atoms. The molecule has 0 aliphatic rings. The first-order chi connectivity index (χ1) is 6.37. The molecule has 0 spiro atoms. The number of hydrogen-bond donors (Lipinski definition) is 0. The van der Waals surface area contributed by atoms with Gasteiger partial charge in [-0.3, -0.25) is 4.90 Å². The van der Waals surface area contributed by atoms with Gasteiger partial charge in [-0.05, 0) is 46.5 Å². The average molecular weight is 217 g/mol. The van der Waals surface area contributed by atoms with E-state index in [9.17, 15) is 0 Å². The van der Waals surface area contributed by atoms with Crippen LogP contribution in [-0.2, 0) is 4.43 Å². The van der Waals surface area contributed by atoms with Crippen LogP contribution in [0.25, 0.3) is 0 Å². The van der Waals surface area contributed by atoms with Crippen molar-refractivity contribution >= 4 is 8.32 Å². The number of rotatable bonds is 7. The lowest BCUT2D eigenvalue weighted by atomic mass is 10.3. The average Bonchev–Trinajstić information content (AvgIpc) is 2.00. The van der Waals surface area contributed by atoms with Crippen molar-refractivity contribution in [3.05, 3.63) is 0 Å². The minimum absolute atomic E-state index is 0.639. The molecule has 0 fully saturated rings. The van der Waals surface area contributed by atoms with E-state index >= 15 is 0 Å². The van der Waals surface area contributed by atoms with Crippen LogP contribution < -0.4 is 0 Å². The summed E-state index contributed by atoms with van der Waals surface area (Å²) in [7, 11) is -1.31. The van der Waals surface area contributed by atoms with Gasteiger partial charge in [-0.15, -0.1) is 0 Å². The molecule has 0 radical (unpaired) electrons. The molecule has 2 nitrogen and oxygen atoms in total. The maximum absolute atomic E-state index is 5.85. The van der Waals surface area contributed by atoms with Crippen molar-refractivity contribution in [2.75, 3.05) is 19.7 Å². The zero-order valence-electron chi connectivity index (χ0n) is 10.8. The molecule has 0 bridgehead atoms. The van der Waals surface area contributed by atoms with Gasteiger partial charge in [0.15, 0.2) is 8.32 Å². The van der Waals surface area contributed by atoms with Gasteiger partial charge in [0.05, 0.1) is 0 Å². The highest BCUT2D eigenvalue weighted by atomic mass is 28.4. The lowest BCUT2D eigenvalue weighted by Gasteiger charge is -2.27. The van der Waals surface area contributed by atoms with Crippen molar-refractivity contribution < 1.29 is 4.43 Å². The first kappa shape index (κ1) is 14.1. The monoisotopic (exact) mass is 217 g/mol. The van der Waals surface area contributed by atoms with Crippen LogP contribution in [0.4, 0.5) is 0 Å². The maximum Gasteiger partial charge on any atom is 0.183 e. The fourth-order valence-electron chi connectivity index (χ4n) is 1.38. The van der Waals surface area contributed by atoms with Gasteiger partial charge in [0, 0.05) is 19.2 Å². The van der Waals surface area contributed by atoms with Gasteiger partial charge in [-0.2, -0.15) is 0 Å². The lowest BCUT2D eigenvalue weighted by molar-refractivity contribution is 0.173. The van der Waals surface area contributed by atoms with E-state index in [0.717, 1.165) is 13.2 Å². The zero-order chi connectivity index (χ0) is 11.2. The second kappa shape index (κ2) is 6.59. The molecule has 0 aromatic carbocycles. The molecule has 0 aliphatic heterocycles. The SMILES string of the molecule is CCCN(CCO[Si](C)(C)C)C(C)C. The van der Waals surface area contributed by atoms with Gasteiger partial charge in [0.1, 0.15) is 0 Å². The van der Waals surface area contributed by atoms with Crippen LogP contribution in [0, 0.1) is 0 Å². The Morgan fingerprint density at radius 1 is 1.14 bits per heavy atom. The third-order valence-corrected chi connectivity index (χ3v) is 3.22. The van der Waals surface area contributed by atoms with Gasteiger partial charge in [0.25, 0.3) is 0 Å². The van der Waals surface area contributed by atoms with Gasteiger partial charge >= 0.3 is 0 Å². The highest BCUT2D eigenvalue weighted by Crippen LogP contribution is 2.04. The Bertz CT molecular complexity index is 143. The van der Waals surface area contributed by atoms with E-state index in [1.54, 1.807) is 0 Å². The first-order valence-electron chi connectivity index (χ1n) is 5.75. The molecular formula is C11H27NOSi. The largest absolute Gasteiger partial charge is 0.416 e. The van der Waals surface area contributed by atoms with E-state index in [1.165, 1.54) is 13.0 Å². The summed E-state index contributed by atoms with van der Waals surface area (Å²) < 4.78 is 5.85. The first-order valence-corrected chi connectivity index (χ1v) is 9.15. The smallest absolute Gasteiger partial charge is 0.183 e. The molecule has 3 heteroatoms. The van der Waals surface area contributed by atoms with Crippen LogP contribution in [-0.4, -0.2) is 39.0 Å². The van der Waals surface area contributed by atoms with Crippen molar-refractivity contribution in [2.24, 2.45) is 0 Å². The van der Waals surface area contributed by atoms with Crippen molar-refractivity contribution in [1.29, 1.82) is 0 Å². The van der Waals surface area contributed by atoms with Crippen LogP contribution in [0.5, 0.6) is 0 Å². The maximum atomic E-state index is 5.85.